The number of fused-ring (bicyclic) bond motifs is 2. The van der Waals surface area contributed by atoms with Crippen LogP contribution in [-0.2, 0) is 13.0 Å². The van der Waals surface area contributed by atoms with Crippen LogP contribution in [0.15, 0.2) is 48.7 Å². The molecule has 0 bridgehead atoms. The van der Waals surface area contributed by atoms with E-state index in [2.05, 4.69) is 20.7 Å². The standard InChI is InChI=1S/C21H18N4O/c1-13-8-9-18(26)20(23-13)21-19(17-7-4-12-25(17)24-21)15-10-11-22-16-6-3-2-5-14(15)16/h2-3,5-6,8-11,26H,4,7,12H2,1H3. The van der Waals surface area contributed by atoms with Crippen LogP contribution in [0.1, 0.15) is 17.8 Å². The summed E-state index contributed by atoms with van der Waals surface area (Å²) in [7, 11) is 0. The first kappa shape index (κ1) is 15.1. The summed E-state index contributed by atoms with van der Waals surface area (Å²) in [5, 5.41) is 16.3. The number of hydrogen-bond donors (Lipinski definition) is 1. The minimum atomic E-state index is 0.159. The van der Waals surface area contributed by atoms with Crippen molar-refractivity contribution < 1.29 is 5.11 Å². The molecule has 0 fully saturated rings. The molecule has 0 unspecified atom stereocenters. The summed E-state index contributed by atoms with van der Waals surface area (Å²) in [5.41, 5.74) is 6.47. The molecule has 0 radical (unpaired) electrons. The molecule has 26 heavy (non-hydrogen) atoms. The maximum Gasteiger partial charge on any atom is 0.143 e. The van der Waals surface area contributed by atoms with Crippen LogP contribution in [0, 0.1) is 6.92 Å². The normalized spacial score (nSPS) is 13.3. The Balaban J connectivity index is 1.86. The van der Waals surface area contributed by atoms with Crippen LogP contribution in [0.4, 0.5) is 0 Å². The van der Waals surface area contributed by atoms with Crippen molar-refractivity contribution in [2.24, 2.45) is 0 Å². The predicted molar refractivity (Wildman–Crippen MR) is 101 cm³/mol. The van der Waals surface area contributed by atoms with Crippen LogP contribution in [0.2, 0.25) is 0 Å². The van der Waals surface area contributed by atoms with Gasteiger partial charge in [0.2, 0.25) is 0 Å². The van der Waals surface area contributed by atoms with Crippen molar-refractivity contribution in [1.82, 2.24) is 19.7 Å². The van der Waals surface area contributed by atoms with Gasteiger partial charge < -0.3 is 5.11 Å². The molecule has 5 nitrogen and oxygen atoms in total. The van der Waals surface area contributed by atoms with Gasteiger partial charge in [-0.1, -0.05) is 18.2 Å². The van der Waals surface area contributed by atoms with Crippen LogP contribution >= 0.6 is 0 Å². The topological polar surface area (TPSA) is 63.8 Å². The highest BCUT2D eigenvalue weighted by Crippen LogP contribution is 2.41. The zero-order valence-corrected chi connectivity index (χ0v) is 14.5. The molecule has 0 aliphatic carbocycles. The van der Waals surface area contributed by atoms with E-state index in [4.69, 9.17) is 5.10 Å². The van der Waals surface area contributed by atoms with Crippen molar-refractivity contribution in [3.8, 4) is 28.3 Å². The summed E-state index contributed by atoms with van der Waals surface area (Å²) in [6, 6.07) is 13.7. The molecular weight excluding hydrogens is 324 g/mol. The third kappa shape index (κ3) is 2.20. The smallest absolute Gasteiger partial charge is 0.143 e. The second-order valence-corrected chi connectivity index (χ2v) is 6.69. The van der Waals surface area contributed by atoms with Crippen LogP contribution in [0.3, 0.4) is 0 Å². The van der Waals surface area contributed by atoms with Gasteiger partial charge in [-0.3, -0.25) is 9.67 Å². The van der Waals surface area contributed by atoms with Gasteiger partial charge in [-0.15, -0.1) is 0 Å². The van der Waals surface area contributed by atoms with E-state index in [9.17, 15) is 5.11 Å². The number of hydrogen-bond acceptors (Lipinski definition) is 4. The number of aromatic hydroxyl groups is 1. The Morgan fingerprint density at radius 2 is 1.92 bits per heavy atom. The van der Waals surface area contributed by atoms with E-state index in [1.165, 1.54) is 5.69 Å². The Labute approximate surface area is 151 Å². The fourth-order valence-electron chi connectivity index (χ4n) is 3.82. The van der Waals surface area contributed by atoms with Crippen molar-refractivity contribution in [2.45, 2.75) is 26.3 Å². The summed E-state index contributed by atoms with van der Waals surface area (Å²) in [6.45, 7) is 2.83. The molecule has 4 heterocycles. The second kappa shape index (κ2) is 5.66. The number of para-hydroxylation sites is 1. The molecule has 4 aromatic rings. The summed E-state index contributed by atoms with van der Waals surface area (Å²) in [4.78, 5) is 9.07. The van der Waals surface area contributed by atoms with Gasteiger partial charge in [0, 0.05) is 35.1 Å². The average molecular weight is 342 g/mol. The van der Waals surface area contributed by atoms with Crippen molar-refractivity contribution >= 4 is 10.9 Å². The molecule has 1 N–H and O–H groups in total. The molecule has 0 amide bonds. The van der Waals surface area contributed by atoms with E-state index >= 15 is 0 Å². The highest BCUT2D eigenvalue weighted by molar-refractivity contribution is 5.99. The summed E-state index contributed by atoms with van der Waals surface area (Å²) in [6.07, 6.45) is 3.90. The van der Waals surface area contributed by atoms with Crippen LogP contribution in [0.5, 0.6) is 5.75 Å². The van der Waals surface area contributed by atoms with Gasteiger partial charge in [-0.05, 0) is 49.6 Å². The second-order valence-electron chi connectivity index (χ2n) is 6.69. The minimum Gasteiger partial charge on any atom is -0.506 e. The molecule has 1 aliphatic heterocycles. The van der Waals surface area contributed by atoms with E-state index in [0.717, 1.165) is 52.8 Å². The molecule has 1 aliphatic rings. The highest BCUT2D eigenvalue weighted by atomic mass is 16.3. The fraction of sp³-hybridized carbons (Fsp3) is 0.190. The Hall–Kier alpha value is -3.21. The third-order valence-electron chi connectivity index (χ3n) is 5.00. The molecule has 0 atom stereocenters. The maximum absolute atomic E-state index is 10.4. The summed E-state index contributed by atoms with van der Waals surface area (Å²) in [5.74, 6) is 0.159. The number of nitrogens with zero attached hydrogens (tertiary/aromatic N) is 4. The van der Waals surface area contributed by atoms with Crippen molar-refractivity contribution in [1.29, 1.82) is 0 Å². The number of benzene rings is 1. The van der Waals surface area contributed by atoms with Gasteiger partial charge in [0.15, 0.2) is 0 Å². The Morgan fingerprint density at radius 3 is 2.85 bits per heavy atom. The number of pyridine rings is 2. The van der Waals surface area contributed by atoms with E-state index in [1.54, 1.807) is 6.07 Å². The first-order valence-electron chi connectivity index (χ1n) is 8.83. The molecule has 5 heteroatoms. The zero-order valence-electron chi connectivity index (χ0n) is 14.5. The van der Waals surface area contributed by atoms with Crippen LogP contribution in [-0.4, -0.2) is 24.9 Å². The monoisotopic (exact) mass is 342 g/mol. The summed E-state index contributed by atoms with van der Waals surface area (Å²) >= 11 is 0. The van der Waals surface area contributed by atoms with E-state index in [1.807, 2.05) is 43.5 Å². The molecule has 0 saturated carbocycles. The first-order chi connectivity index (χ1) is 12.7. The number of rotatable bonds is 2. The van der Waals surface area contributed by atoms with Crippen LogP contribution < -0.4 is 0 Å². The molecular formula is C21H18N4O. The van der Waals surface area contributed by atoms with Crippen molar-refractivity contribution in [2.75, 3.05) is 0 Å². The molecule has 128 valence electrons. The van der Waals surface area contributed by atoms with Crippen molar-refractivity contribution in [3.05, 3.63) is 60.0 Å². The fourth-order valence-corrected chi connectivity index (χ4v) is 3.82. The predicted octanol–water partition coefficient (Wildman–Crippen LogP) is 4.12. The van der Waals surface area contributed by atoms with Gasteiger partial charge in [0.05, 0.1) is 5.52 Å². The first-order valence-corrected chi connectivity index (χ1v) is 8.83. The largest absolute Gasteiger partial charge is 0.506 e. The third-order valence-corrected chi connectivity index (χ3v) is 5.00. The minimum absolute atomic E-state index is 0.159. The maximum atomic E-state index is 10.4. The molecule has 1 aromatic carbocycles. The van der Waals surface area contributed by atoms with Crippen molar-refractivity contribution in [3.63, 3.8) is 0 Å². The van der Waals surface area contributed by atoms with Gasteiger partial charge in [0.1, 0.15) is 17.1 Å². The summed E-state index contributed by atoms with van der Waals surface area (Å²) < 4.78 is 2.06. The van der Waals surface area contributed by atoms with Gasteiger partial charge in [-0.2, -0.15) is 5.10 Å². The SMILES string of the molecule is Cc1ccc(O)c(-c2nn3c(c2-c2ccnc4ccccc24)CCC3)n1. The zero-order chi connectivity index (χ0) is 17.7. The van der Waals surface area contributed by atoms with E-state index < -0.39 is 0 Å². The van der Waals surface area contributed by atoms with E-state index in [0.29, 0.717) is 5.69 Å². The molecule has 0 saturated heterocycles. The molecule has 3 aromatic heterocycles. The lowest BCUT2D eigenvalue weighted by Gasteiger charge is -2.10. The average Bonchev–Trinajstić information content (AvgIpc) is 3.24. The Morgan fingerprint density at radius 1 is 1.04 bits per heavy atom. The number of aryl methyl sites for hydroxylation is 2. The molecule has 5 rings (SSSR count). The lowest BCUT2D eigenvalue weighted by molar-refractivity contribution is 0.474. The van der Waals surface area contributed by atoms with Gasteiger partial charge in [0.25, 0.3) is 0 Å². The lowest BCUT2D eigenvalue weighted by atomic mass is 9.96. The Bertz CT molecular complexity index is 1140. The van der Waals surface area contributed by atoms with Gasteiger partial charge >= 0.3 is 0 Å². The number of aromatic nitrogens is 4. The van der Waals surface area contributed by atoms with Crippen LogP contribution in [0.25, 0.3) is 33.4 Å². The lowest BCUT2D eigenvalue weighted by Crippen LogP contribution is -1.95. The van der Waals surface area contributed by atoms with Gasteiger partial charge in [-0.25, -0.2) is 4.98 Å². The quantitative estimate of drug-likeness (QED) is 0.595. The molecule has 0 spiro atoms. The highest BCUT2D eigenvalue weighted by Gasteiger charge is 2.27. The Kier molecular flexibility index (Phi) is 3.28. The van der Waals surface area contributed by atoms with E-state index in [-0.39, 0.29) is 5.75 Å².